The quantitative estimate of drug-likeness (QED) is 0.873. The van der Waals surface area contributed by atoms with E-state index in [0.717, 1.165) is 6.42 Å². The maximum Gasteiger partial charge on any atom is 0.231 e. The molecule has 0 saturated heterocycles. The van der Waals surface area contributed by atoms with Crippen molar-refractivity contribution in [3.8, 4) is 11.5 Å². The van der Waals surface area contributed by atoms with Crippen LogP contribution in [0.4, 0.5) is 5.69 Å². The van der Waals surface area contributed by atoms with Crippen LogP contribution in [0.1, 0.15) is 33.6 Å². The Labute approximate surface area is 130 Å². The van der Waals surface area contributed by atoms with Crippen LogP contribution in [-0.4, -0.2) is 31.2 Å². The minimum absolute atomic E-state index is 0.0543. The molecule has 2 amide bonds. The Morgan fingerprint density at radius 1 is 1.32 bits per heavy atom. The van der Waals surface area contributed by atoms with Gasteiger partial charge >= 0.3 is 0 Å². The lowest BCUT2D eigenvalue weighted by Gasteiger charge is -2.21. The van der Waals surface area contributed by atoms with Gasteiger partial charge in [-0.25, -0.2) is 0 Å². The van der Waals surface area contributed by atoms with Crippen molar-refractivity contribution >= 4 is 17.5 Å². The molecule has 1 aliphatic rings. The summed E-state index contributed by atoms with van der Waals surface area (Å²) in [5.41, 5.74) is 0.702. The summed E-state index contributed by atoms with van der Waals surface area (Å²) >= 11 is 0. The Morgan fingerprint density at radius 3 is 2.73 bits per heavy atom. The van der Waals surface area contributed by atoms with Gasteiger partial charge in [-0.3, -0.25) is 9.59 Å². The predicted molar refractivity (Wildman–Crippen MR) is 83.1 cm³/mol. The zero-order valence-corrected chi connectivity index (χ0v) is 13.2. The van der Waals surface area contributed by atoms with Crippen molar-refractivity contribution in [3.05, 3.63) is 18.2 Å². The number of hydrogen-bond acceptors (Lipinski definition) is 4. The van der Waals surface area contributed by atoms with E-state index in [2.05, 4.69) is 5.32 Å². The summed E-state index contributed by atoms with van der Waals surface area (Å²) < 4.78 is 10.6. The SMILES string of the molecule is CCC(C)NC(=O)CCN(C(C)=O)c1ccc2c(c1)OCO2. The number of anilines is 1. The molecule has 1 aromatic carbocycles. The van der Waals surface area contributed by atoms with Crippen LogP contribution >= 0.6 is 0 Å². The molecule has 1 heterocycles. The van der Waals surface area contributed by atoms with E-state index in [1.165, 1.54) is 6.92 Å². The van der Waals surface area contributed by atoms with Gasteiger partial charge in [0.25, 0.3) is 0 Å². The van der Waals surface area contributed by atoms with Crippen LogP contribution in [0.2, 0.25) is 0 Å². The molecule has 0 spiro atoms. The summed E-state index contributed by atoms with van der Waals surface area (Å²) in [5, 5.41) is 2.90. The third kappa shape index (κ3) is 3.90. The number of carbonyl (C=O) groups is 2. The zero-order chi connectivity index (χ0) is 16.1. The molecule has 1 aromatic rings. The Hall–Kier alpha value is -2.24. The third-order valence-corrected chi connectivity index (χ3v) is 3.63. The van der Waals surface area contributed by atoms with E-state index in [-0.39, 0.29) is 31.1 Å². The van der Waals surface area contributed by atoms with Crippen molar-refractivity contribution in [2.75, 3.05) is 18.2 Å². The first-order valence-electron chi connectivity index (χ1n) is 7.48. The van der Waals surface area contributed by atoms with Crippen LogP contribution in [0, 0.1) is 0 Å². The molecule has 1 N–H and O–H groups in total. The van der Waals surface area contributed by atoms with Gasteiger partial charge in [0, 0.05) is 37.7 Å². The Kier molecular flexibility index (Phi) is 5.25. The lowest BCUT2D eigenvalue weighted by Crippen LogP contribution is -2.36. The van der Waals surface area contributed by atoms with Crippen molar-refractivity contribution in [2.45, 2.75) is 39.7 Å². The largest absolute Gasteiger partial charge is 0.454 e. The fourth-order valence-electron chi connectivity index (χ4n) is 2.18. The molecule has 0 saturated carbocycles. The maximum atomic E-state index is 11.9. The van der Waals surface area contributed by atoms with Crippen molar-refractivity contribution in [3.63, 3.8) is 0 Å². The van der Waals surface area contributed by atoms with Crippen molar-refractivity contribution in [1.82, 2.24) is 5.32 Å². The van der Waals surface area contributed by atoms with E-state index >= 15 is 0 Å². The standard InChI is InChI=1S/C16H22N2O4/c1-4-11(2)17-16(20)7-8-18(12(3)19)13-5-6-14-15(9-13)22-10-21-14/h5-6,9,11H,4,7-8,10H2,1-3H3,(H,17,20). The fourth-order valence-corrected chi connectivity index (χ4v) is 2.18. The summed E-state index contributed by atoms with van der Waals surface area (Å²) in [7, 11) is 0. The van der Waals surface area contributed by atoms with E-state index in [1.54, 1.807) is 23.1 Å². The maximum absolute atomic E-state index is 11.9. The van der Waals surface area contributed by atoms with E-state index in [0.29, 0.717) is 23.7 Å². The van der Waals surface area contributed by atoms with E-state index in [9.17, 15) is 9.59 Å². The molecule has 0 radical (unpaired) electrons. The lowest BCUT2D eigenvalue weighted by molar-refractivity contribution is -0.121. The number of fused-ring (bicyclic) bond motifs is 1. The van der Waals surface area contributed by atoms with Gasteiger partial charge in [-0.05, 0) is 25.5 Å². The Bertz CT molecular complexity index is 559. The van der Waals surface area contributed by atoms with Crippen LogP contribution in [0.25, 0.3) is 0 Å². The number of ether oxygens (including phenoxy) is 2. The highest BCUT2D eigenvalue weighted by Crippen LogP contribution is 2.35. The molecule has 1 atom stereocenters. The molecular formula is C16H22N2O4. The highest BCUT2D eigenvalue weighted by Gasteiger charge is 2.19. The van der Waals surface area contributed by atoms with Crippen LogP contribution in [0.15, 0.2) is 18.2 Å². The van der Waals surface area contributed by atoms with Gasteiger partial charge in [-0.15, -0.1) is 0 Å². The highest BCUT2D eigenvalue weighted by atomic mass is 16.7. The van der Waals surface area contributed by atoms with Gasteiger partial charge in [0.2, 0.25) is 18.6 Å². The fraction of sp³-hybridized carbons (Fsp3) is 0.500. The molecule has 6 heteroatoms. The molecule has 2 rings (SSSR count). The highest BCUT2D eigenvalue weighted by molar-refractivity contribution is 5.92. The minimum atomic E-state index is -0.116. The first-order chi connectivity index (χ1) is 10.5. The predicted octanol–water partition coefficient (Wildman–Crippen LogP) is 2.07. The molecule has 0 fully saturated rings. The number of rotatable bonds is 6. The number of amides is 2. The summed E-state index contributed by atoms with van der Waals surface area (Å²) in [5.74, 6) is 1.12. The lowest BCUT2D eigenvalue weighted by atomic mass is 10.2. The van der Waals surface area contributed by atoms with Crippen LogP contribution in [0.3, 0.4) is 0 Å². The van der Waals surface area contributed by atoms with Crippen LogP contribution in [0.5, 0.6) is 11.5 Å². The first kappa shape index (κ1) is 16.1. The van der Waals surface area contributed by atoms with Gasteiger partial charge in [-0.1, -0.05) is 6.92 Å². The molecule has 120 valence electrons. The minimum Gasteiger partial charge on any atom is -0.454 e. The molecule has 6 nitrogen and oxygen atoms in total. The third-order valence-electron chi connectivity index (χ3n) is 3.63. The van der Waals surface area contributed by atoms with E-state index in [4.69, 9.17) is 9.47 Å². The van der Waals surface area contributed by atoms with Gasteiger partial charge in [0.15, 0.2) is 11.5 Å². The van der Waals surface area contributed by atoms with Gasteiger partial charge in [0.05, 0.1) is 0 Å². The second-order valence-electron chi connectivity index (χ2n) is 5.34. The van der Waals surface area contributed by atoms with Gasteiger partial charge in [-0.2, -0.15) is 0 Å². The molecule has 0 bridgehead atoms. The number of nitrogens with zero attached hydrogens (tertiary/aromatic N) is 1. The summed E-state index contributed by atoms with van der Waals surface area (Å²) in [6, 6.07) is 5.47. The average molecular weight is 306 g/mol. The van der Waals surface area contributed by atoms with Crippen LogP contribution in [-0.2, 0) is 9.59 Å². The van der Waals surface area contributed by atoms with Crippen molar-refractivity contribution in [1.29, 1.82) is 0 Å². The first-order valence-corrected chi connectivity index (χ1v) is 7.48. The number of hydrogen-bond donors (Lipinski definition) is 1. The van der Waals surface area contributed by atoms with Crippen molar-refractivity contribution in [2.24, 2.45) is 0 Å². The Morgan fingerprint density at radius 2 is 2.05 bits per heavy atom. The normalized spacial score (nSPS) is 13.6. The number of benzene rings is 1. The summed E-state index contributed by atoms with van der Waals surface area (Å²) in [6.45, 7) is 5.97. The van der Waals surface area contributed by atoms with Crippen LogP contribution < -0.4 is 19.7 Å². The topological polar surface area (TPSA) is 67.9 Å². The number of nitrogens with one attached hydrogen (secondary N) is 1. The number of carbonyl (C=O) groups excluding carboxylic acids is 2. The zero-order valence-electron chi connectivity index (χ0n) is 13.2. The van der Waals surface area contributed by atoms with Gasteiger partial charge in [0.1, 0.15) is 0 Å². The molecule has 0 aromatic heterocycles. The van der Waals surface area contributed by atoms with Gasteiger partial charge < -0.3 is 19.7 Å². The van der Waals surface area contributed by atoms with E-state index in [1.807, 2.05) is 13.8 Å². The molecule has 1 unspecified atom stereocenters. The van der Waals surface area contributed by atoms with E-state index < -0.39 is 0 Å². The monoisotopic (exact) mass is 306 g/mol. The second-order valence-corrected chi connectivity index (χ2v) is 5.34. The average Bonchev–Trinajstić information content (AvgIpc) is 2.94. The Balaban J connectivity index is 2.01. The second kappa shape index (κ2) is 7.15. The molecule has 0 aliphatic carbocycles. The summed E-state index contributed by atoms with van der Waals surface area (Å²) in [4.78, 5) is 25.3. The smallest absolute Gasteiger partial charge is 0.231 e. The molecule has 22 heavy (non-hydrogen) atoms. The molecule has 1 aliphatic heterocycles. The molecular weight excluding hydrogens is 284 g/mol. The van der Waals surface area contributed by atoms with Crippen molar-refractivity contribution < 1.29 is 19.1 Å². The summed E-state index contributed by atoms with van der Waals surface area (Å²) in [6.07, 6.45) is 1.14.